The van der Waals surface area contributed by atoms with Gasteiger partial charge in [0.25, 0.3) is 0 Å². The highest BCUT2D eigenvalue weighted by molar-refractivity contribution is 7.92. The third kappa shape index (κ3) is 6.97. The zero-order chi connectivity index (χ0) is 26.4. The van der Waals surface area contributed by atoms with Crippen LogP contribution >= 0.6 is 11.6 Å². The van der Waals surface area contributed by atoms with E-state index in [1.54, 1.807) is 62.4 Å². The van der Waals surface area contributed by atoms with E-state index in [9.17, 15) is 13.2 Å². The highest BCUT2D eigenvalue weighted by Gasteiger charge is 2.24. The smallest absolute Gasteiger partial charge is 0.238 e. The van der Waals surface area contributed by atoms with Gasteiger partial charge in [-0.1, -0.05) is 35.9 Å². The minimum Gasteiger partial charge on any atom is -0.350 e. The Bertz CT molecular complexity index is 1340. The van der Waals surface area contributed by atoms with Crippen LogP contribution in [0.4, 0.5) is 23.1 Å². The molecule has 37 heavy (non-hydrogen) atoms. The van der Waals surface area contributed by atoms with Crippen LogP contribution in [-0.4, -0.2) is 60.1 Å². The number of sulfone groups is 1. The van der Waals surface area contributed by atoms with Gasteiger partial charge in [-0.2, -0.15) is 4.98 Å². The van der Waals surface area contributed by atoms with Crippen molar-refractivity contribution in [3.05, 3.63) is 65.8 Å². The van der Waals surface area contributed by atoms with Crippen LogP contribution in [0.1, 0.15) is 26.7 Å². The molecule has 1 radical (unpaired) electrons. The van der Waals surface area contributed by atoms with Gasteiger partial charge in [-0.05, 0) is 63.6 Å². The summed E-state index contributed by atoms with van der Waals surface area (Å²) in [6.07, 6.45) is 3.30. The summed E-state index contributed by atoms with van der Waals surface area (Å²) in [6.45, 7) is 5.04. The molecule has 1 fully saturated rings. The Kier molecular flexibility index (Phi) is 8.63. The summed E-state index contributed by atoms with van der Waals surface area (Å²) in [5.41, 5.74) is 1.14. The second kappa shape index (κ2) is 11.9. The number of amides is 1. The molecule has 4 rings (SSSR count). The molecule has 1 saturated heterocycles. The first-order valence-corrected chi connectivity index (χ1v) is 14.0. The van der Waals surface area contributed by atoms with Crippen molar-refractivity contribution in [3.63, 3.8) is 0 Å². The Morgan fingerprint density at radius 3 is 2.73 bits per heavy atom. The molecule has 1 amide bonds. The SMILES string of the molecule is CC(C)S(=O)(=O)c1ccccc1Nc1nc(N[C@@H]2CCCN(CC(=O)Nc3cc[c]cc3)C2)ncc1Cl. The first-order chi connectivity index (χ1) is 17.7. The summed E-state index contributed by atoms with van der Waals surface area (Å²) in [6, 6.07) is 16.8. The third-order valence-corrected chi connectivity index (χ3v) is 8.51. The Morgan fingerprint density at radius 1 is 1.22 bits per heavy atom. The van der Waals surface area contributed by atoms with Crippen LogP contribution in [0.15, 0.2) is 59.6 Å². The number of likely N-dealkylation sites (tertiary alicyclic amines) is 1. The summed E-state index contributed by atoms with van der Waals surface area (Å²) < 4.78 is 25.6. The number of halogens is 1. The van der Waals surface area contributed by atoms with Gasteiger partial charge in [-0.15, -0.1) is 0 Å². The molecule has 0 spiro atoms. The first kappa shape index (κ1) is 26.8. The summed E-state index contributed by atoms with van der Waals surface area (Å²) in [5, 5.41) is 9.00. The number of piperidine rings is 1. The first-order valence-electron chi connectivity index (χ1n) is 12.1. The lowest BCUT2D eigenvalue weighted by Gasteiger charge is -2.32. The number of nitrogens with one attached hydrogen (secondary N) is 3. The standard InChI is InChI=1S/C26H30ClN6O3S/c1-18(2)37(35,36)23-13-7-6-12-22(23)31-25-21(27)15-28-26(32-25)30-20-11-8-14-33(16-20)17-24(34)29-19-9-4-3-5-10-19/h4-7,9-10,12-13,15,18,20H,8,11,14,16-17H2,1-2H3,(H,29,34)(H2,28,30,31,32)/t20-/m1/s1. The molecule has 3 N–H and O–H groups in total. The summed E-state index contributed by atoms with van der Waals surface area (Å²) in [4.78, 5) is 23.6. The normalized spacial score (nSPS) is 16.4. The van der Waals surface area contributed by atoms with Gasteiger partial charge >= 0.3 is 0 Å². The molecule has 1 aliphatic heterocycles. The number of carbonyl (C=O) groups is 1. The third-order valence-electron chi connectivity index (χ3n) is 6.02. The predicted molar refractivity (Wildman–Crippen MR) is 146 cm³/mol. The second-order valence-electron chi connectivity index (χ2n) is 9.16. The zero-order valence-electron chi connectivity index (χ0n) is 20.7. The second-order valence-corrected chi connectivity index (χ2v) is 12.0. The maximum absolute atomic E-state index is 12.8. The minimum atomic E-state index is -3.51. The number of carbonyl (C=O) groups excluding carboxylic acids is 1. The molecule has 0 saturated carbocycles. The minimum absolute atomic E-state index is 0.0375. The van der Waals surface area contributed by atoms with E-state index in [4.69, 9.17) is 11.6 Å². The molecule has 9 nitrogen and oxygen atoms in total. The average Bonchev–Trinajstić information content (AvgIpc) is 2.87. The summed E-state index contributed by atoms with van der Waals surface area (Å²) >= 11 is 6.35. The fourth-order valence-electron chi connectivity index (χ4n) is 4.10. The quantitative estimate of drug-likeness (QED) is 0.365. The van der Waals surface area contributed by atoms with E-state index >= 15 is 0 Å². The summed E-state index contributed by atoms with van der Waals surface area (Å²) in [7, 11) is -3.51. The maximum Gasteiger partial charge on any atom is 0.238 e. The highest BCUT2D eigenvalue weighted by atomic mass is 35.5. The lowest BCUT2D eigenvalue weighted by atomic mass is 10.1. The van der Waals surface area contributed by atoms with E-state index in [1.807, 2.05) is 0 Å². The number of anilines is 4. The van der Waals surface area contributed by atoms with E-state index in [0.717, 1.165) is 25.1 Å². The van der Waals surface area contributed by atoms with Crippen LogP contribution in [0.5, 0.6) is 0 Å². The molecule has 0 aliphatic carbocycles. The van der Waals surface area contributed by atoms with Crippen molar-refractivity contribution < 1.29 is 13.2 Å². The molecule has 1 aliphatic rings. The van der Waals surface area contributed by atoms with Crippen molar-refractivity contribution >= 4 is 50.5 Å². The number of para-hydroxylation sites is 1. The van der Waals surface area contributed by atoms with Crippen molar-refractivity contribution in [2.24, 2.45) is 0 Å². The van der Waals surface area contributed by atoms with E-state index in [0.29, 0.717) is 24.0 Å². The van der Waals surface area contributed by atoms with Gasteiger partial charge in [-0.3, -0.25) is 9.69 Å². The van der Waals surface area contributed by atoms with Gasteiger partial charge in [-0.25, -0.2) is 13.4 Å². The number of aromatic nitrogens is 2. The van der Waals surface area contributed by atoms with E-state index in [1.165, 1.54) is 6.20 Å². The number of benzene rings is 2. The lowest BCUT2D eigenvalue weighted by Crippen LogP contribution is -2.45. The molecule has 2 heterocycles. The molecule has 11 heteroatoms. The number of nitrogens with zero attached hydrogens (tertiary/aromatic N) is 3. The monoisotopic (exact) mass is 541 g/mol. The zero-order valence-corrected chi connectivity index (χ0v) is 22.3. The lowest BCUT2D eigenvalue weighted by molar-refractivity contribution is -0.117. The van der Waals surface area contributed by atoms with Crippen LogP contribution in [0.3, 0.4) is 0 Å². The topological polar surface area (TPSA) is 116 Å². The van der Waals surface area contributed by atoms with Gasteiger partial charge in [0.1, 0.15) is 5.02 Å². The van der Waals surface area contributed by atoms with Crippen LogP contribution in [0.2, 0.25) is 5.02 Å². The molecule has 2 aromatic carbocycles. The van der Waals surface area contributed by atoms with Crippen LogP contribution in [0.25, 0.3) is 0 Å². The molecule has 195 valence electrons. The van der Waals surface area contributed by atoms with Crippen LogP contribution in [0, 0.1) is 6.07 Å². The molecule has 0 bridgehead atoms. The van der Waals surface area contributed by atoms with Gasteiger partial charge in [0.15, 0.2) is 15.7 Å². The van der Waals surface area contributed by atoms with Gasteiger partial charge in [0, 0.05) is 18.3 Å². The van der Waals surface area contributed by atoms with Crippen molar-refractivity contribution in [2.75, 3.05) is 35.6 Å². The Morgan fingerprint density at radius 2 is 1.97 bits per heavy atom. The molecule has 3 aromatic rings. The predicted octanol–water partition coefficient (Wildman–Crippen LogP) is 4.37. The fourth-order valence-corrected chi connectivity index (χ4v) is 5.44. The van der Waals surface area contributed by atoms with Gasteiger partial charge < -0.3 is 16.0 Å². The van der Waals surface area contributed by atoms with Crippen molar-refractivity contribution in [3.8, 4) is 0 Å². The average molecular weight is 542 g/mol. The van der Waals surface area contributed by atoms with E-state index in [2.05, 4.69) is 36.9 Å². The molecule has 1 aromatic heterocycles. The Hall–Kier alpha value is -3.21. The molecular weight excluding hydrogens is 512 g/mol. The van der Waals surface area contributed by atoms with Crippen molar-refractivity contribution in [2.45, 2.75) is 42.9 Å². The molecular formula is C26H30ClN6O3S. The Balaban J connectivity index is 1.42. The van der Waals surface area contributed by atoms with Gasteiger partial charge in [0.05, 0.1) is 28.6 Å². The number of hydrogen-bond acceptors (Lipinski definition) is 8. The van der Waals surface area contributed by atoms with Gasteiger partial charge in [0.2, 0.25) is 11.9 Å². The van der Waals surface area contributed by atoms with E-state index in [-0.39, 0.29) is 28.4 Å². The van der Waals surface area contributed by atoms with Crippen molar-refractivity contribution in [1.82, 2.24) is 14.9 Å². The van der Waals surface area contributed by atoms with Crippen LogP contribution in [-0.2, 0) is 14.6 Å². The summed E-state index contributed by atoms with van der Waals surface area (Å²) in [5.74, 6) is 0.599. The molecule has 0 unspecified atom stereocenters. The Labute approximate surface area is 222 Å². The number of hydrogen-bond donors (Lipinski definition) is 3. The largest absolute Gasteiger partial charge is 0.350 e. The van der Waals surface area contributed by atoms with E-state index < -0.39 is 15.1 Å². The fraction of sp³-hybridized carbons (Fsp3) is 0.346. The highest BCUT2D eigenvalue weighted by Crippen LogP contribution is 2.30. The van der Waals surface area contributed by atoms with Crippen molar-refractivity contribution in [1.29, 1.82) is 0 Å². The van der Waals surface area contributed by atoms with Crippen LogP contribution < -0.4 is 16.0 Å². The molecule has 1 atom stereocenters. The number of rotatable bonds is 9. The maximum atomic E-state index is 12.8.